The molecule has 0 aliphatic rings. The molecular formula is C20H17N5O2. The lowest BCUT2D eigenvalue weighted by molar-refractivity contribution is 0.0601. The Bertz CT molecular complexity index is 1120. The van der Waals surface area contributed by atoms with Gasteiger partial charge in [-0.2, -0.15) is 5.10 Å². The number of ether oxygens (including phenoxy) is 1. The highest BCUT2D eigenvalue weighted by atomic mass is 16.5. The quantitative estimate of drug-likeness (QED) is 0.560. The molecule has 2 aromatic heterocycles. The Balaban J connectivity index is 1.77. The van der Waals surface area contributed by atoms with E-state index in [4.69, 9.17) is 4.74 Å². The number of aryl methyl sites for hydroxylation is 1. The highest BCUT2D eigenvalue weighted by molar-refractivity contribution is 5.92. The van der Waals surface area contributed by atoms with Gasteiger partial charge in [0.1, 0.15) is 11.6 Å². The van der Waals surface area contributed by atoms with Crippen LogP contribution in [0.1, 0.15) is 16.2 Å². The van der Waals surface area contributed by atoms with Crippen molar-refractivity contribution in [3.8, 4) is 5.69 Å². The highest BCUT2D eigenvalue weighted by Crippen LogP contribution is 2.26. The molecule has 0 radical (unpaired) electrons. The number of carbonyl (C=O) groups is 1. The number of anilines is 2. The van der Waals surface area contributed by atoms with E-state index in [1.165, 1.54) is 7.11 Å². The molecule has 7 heteroatoms. The lowest BCUT2D eigenvalue weighted by atomic mass is 10.2. The maximum absolute atomic E-state index is 11.8. The number of rotatable bonds is 4. The van der Waals surface area contributed by atoms with E-state index in [-0.39, 0.29) is 5.97 Å². The van der Waals surface area contributed by atoms with Gasteiger partial charge >= 0.3 is 5.97 Å². The molecule has 1 N–H and O–H groups in total. The van der Waals surface area contributed by atoms with E-state index in [2.05, 4.69) is 20.4 Å². The lowest BCUT2D eigenvalue weighted by Gasteiger charge is -2.09. The average molecular weight is 359 g/mol. The molecule has 0 amide bonds. The van der Waals surface area contributed by atoms with E-state index in [1.54, 1.807) is 29.1 Å². The van der Waals surface area contributed by atoms with Crippen LogP contribution in [0, 0.1) is 6.92 Å². The number of hydrogen-bond donors (Lipinski definition) is 1. The fourth-order valence-electron chi connectivity index (χ4n) is 2.85. The minimum atomic E-state index is -0.389. The summed E-state index contributed by atoms with van der Waals surface area (Å²) in [5.41, 5.74) is 2.82. The van der Waals surface area contributed by atoms with Crippen molar-refractivity contribution in [1.82, 2.24) is 19.7 Å². The maximum atomic E-state index is 11.8. The van der Waals surface area contributed by atoms with Crippen LogP contribution in [0.4, 0.5) is 11.5 Å². The van der Waals surface area contributed by atoms with Gasteiger partial charge in [-0.15, -0.1) is 0 Å². The zero-order valence-corrected chi connectivity index (χ0v) is 14.9. The van der Waals surface area contributed by atoms with Gasteiger partial charge in [-0.25, -0.2) is 19.4 Å². The minimum absolute atomic E-state index is 0.389. The first-order valence-electron chi connectivity index (χ1n) is 8.39. The van der Waals surface area contributed by atoms with Gasteiger partial charge in [-0.3, -0.25) is 0 Å². The summed E-state index contributed by atoms with van der Waals surface area (Å²) in [6, 6.07) is 16.9. The van der Waals surface area contributed by atoms with E-state index in [0.29, 0.717) is 22.9 Å². The predicted octanol–water partition coefficient (Wildman–Crippen LogP) is 3.65. The second-order valence-electron chi connectivity index (χ2n) is 5.95. The first-order chi connectivity index (χ1) is 13.2. The number of esters is 1. The van der Waals surface area contributed by atoms with Crippen molar-refractivity contribution in [3.63, 3.8) is 0 Å². The summed E-state index contributed by atoms with van der Waals surface area (Å²) < 4.78 is 6.56. The number of nitrogens with zero attached hydrogens (tertiary/aromatic N) is 4. The zero-order valence-electron chi connectivity index (χ0n) is 14.9. The molecule has 4 rings (SSSR count). The Morgan fingerprint density at radius 1 is 1.07 bits per heavy atom. The van der Waals surface area contributed by atoms with Crippen molar-refractivity contribution in [2.75, 3.05) is 12.4 Å². The molecule has 27 heavy (non-hydrogen) atoms. The molecule has 7 nitrogen and oxygen atoms in total. The Morgan fingerprint density at radius 3 is 2.67 bits per heavy atom. The molecule has 0 fully saturated rings. The van der Waals surface area contributed by atoms with Gasteiger partial charge in [0.05, 0.1) is 29.9 Å². The van der Waals surface area contributed by atoms with E-state index in [0.717, 1.165) is 16.8 Å². The van der Waals surface area contributed by atoms with Crippen LogP contribution in [0.5, 0.6) is 0 Å². The third-order valence-corrected chi connectivity index (χ3v) is 4.09. The predicted molar refractivity (Wildman–Crippen MR) is 102 cm³/mol. The summed E-state index contributed by atoms with van der Waals surface area (Å²) in [7, 11) is 1.36. The van der Waals surface area contributed by atoms with E-state index < -0.39 is 0 Å². The van der Waals surface area contributed by atoms with Gasteiger partial charge in [0, 0.05) is 5.69 Å². The summed E-state index contributed by atoms with van der Waals surface area (Å²) in [5, 5.41) is 8.51. The number of hydrogen-bond acceptors (Lipinski definition) is 6. The van der Waals surface area contributed by atoms with Gasteiger partial charge in [0.15, 0.2) is 5.65 Å². The van der Waals surface area contributed by atoms with Crippen molar-refractivity contribution in [1.29, 1.82) is 0 Å². The topological polar surface area (TPSA) is 81.9 Å². The third-order valence-electron chi connectivity index (χ3n) is 4.09. The molecule has 2 aromatic carbocycles. The SMILES string of the molecule is COC(=O)c1cccc(Nc2nc(C)nc3c2cnn3-c2ccccc2)c1. The molecule has 2 heterocycles. The smallest absolute Gasteiger partial charge is 0.337 e. The fourth-order valence-corrected chi connectivity index (χ4v) is 2.85. The molecular weight excluding hydrogens is 342 g/mol. The Morgan fingerprint density at radius 2 is 1.89 bits per heavy atom. The van der Waals surface area contributed by atoms with Gasteiger partial charge in [-0.05, 0) is 37.3 Å². The molecule has 0 unspecified atom stereocenters. The lowest BCUT2D eigenvalue weighted by Crippen LogP contribution is -2.04. The third kappa shape index (κ3) is 3.22. The number of fused-ring (bicyclic) bond motifs is 1. The molecule has 0 atom stereocenters. The van der Waals surface area contributed by atoms with Crippen molar-refractivity contribution < 1.29 is 9.53 Å². The molecule has 0 aliphatic carbocycles. The van der Waals surface area contributed by atoms with Crippen LogP contribution in [0.25, 0.3) is 16.7 Å². The van der Waals surface area contributed by atoms with Crippen LogP contribution >= 0.6 is 0 Å². The van der Waals surface area contributed by atoms with Crippen LogP contribution < -0.4 is 5.32 Å². The molecule has 0 spiro atoms. The van der Waals surface area contributed by atoms with Crippen LogP contribution in [0.2, 0.25) is 0 Å². The fraction of sp³-hybridized carbons (Fsp3) is 0.100. The first kappa shape index (κ1) is 16.7. The van der Waals surface area contributed by atoms with Crippen molar-refractivity contribution in [2.24, 2.45) is 0 Å². The number of nitrogens with one attached hydrogen (secondary N) is 1. The van der Waals surface area contributed by atoms with Gasteiger partial charge in [0.25, 0.3) is 0 Å². The Kier molecular flexibility index (Phi) is 4.25. The van der Waals surface area contributed by atoms with E-state index in [1.807, 2.05) is 43.3 Å². The van der Waals surface area contributed by atoms with E-state index >= 15 is 0 Å². The second-order valence-corrected chi connectivity index (χ2v) is 5.95. The van der Waals surface area contributed by atoms with Gasteiger partial charge < -0.3 is 10.1 Å². The number of aromatic nitrogens is 4. The summed E-state index contributed by atoms with van der Waals surface area (Å²) in [5.74, 6) is 0.855. The summed E-state index contributed by atoms with van der Waals surface area (Å²) in [6.07, 6.45) is 1.73. The van der Waals surface area contributed by atoms with Gasteiger partial charge in [-0.1, -0.05) is 24.3 Å². The molecule has 0 saturated heterocycles. The number of methoxy groups -OCH3 is 1. The zero-order chi connectivity index (χ0) is 18.8. The van der Waals surface area contributed by atoms with Crippen molar-refractivity contribution in [2.45, 2.75) is 6.92 Å². The van der Waals surface area contributed by atoms with Crippen LogP contribution in [0.15, 0.2) is 60.8 Å². The number of benzene rings is 2. The Hall–Kier alpha value is -3.74. The molecule has 0 bridgehead atoms. The van der Waals surface area contributed by atoms with E-state index in [9.17, 15) is 4.79 Å². The second kappa shape index (κ2) is 6.87. The minimum Gasteiger partial charge on any atom is -0.465 e. The molecule has 0 aliphatic heterocycles. The Labute approximate surface area is 155 Å². The number of carbonyl (C=O) groups excluding carboxylic acids is 1. The van der Waals surface area contributed by atoms with Crippen LogP contribution in [0.3, 0.4) is 0 Å². The number of para-hydroxylation sites is 1. The first-order valence-corrected chi connectivity index (χ1v) is 8.39. The summed E-state index contributed by atoms with van der Waals surface area (Å²) in [6.45, 7) is 1.83. The summed E-state index contributed by atoms with van der Waals surface area (Å²) in [4.78, 5) is 20.8. The van der Waals surface area contributed by atoms with Crippen molar-refractivity contribution >= 4 is 28.5 Å². The molecule has 4 aromatic rings. The summed E-state index contributed by atoms with van der Waals surface area (Å²) >= 11 is 0. The van der Waals surface area contributed by atoms with Crippen molar-refractivity contribution in [3.05, 3.63) is 72.2 Å². The van der Waals surface area contributed by atoms with Crippen LogP contribution in [-0.2, 0) is 4.74 Å². The monoisotopic (exact) mass is 359 g/mol. The van der Waals surface area contributed by atoms with Gasteiger partial charge in [0.2, 0.25) is 0 Å². The molecule has 134 valence electrons. The standard InChI is InChI=1S/C20H17N5O2/c1-13-22-18(24-15-8-6-7-14(11-15)20(26)27-2)17-12-21-25(19(17)23-13)16-9-4-3-5-10-16/h3-12H,1-2H3,(H,22,23,24). The maximum Gasteiger partial charge on any atom is 0.337 e. The van der Waals surface area contributed by atoms with Crippen LogP contribution in [-0.4, -0.2) is 32.8 Å². The average Bonchev–Trinajstić information content (AvgIpc) is 3.12. The highest BCUT2D eigenvalue weighted by Gasteiger charge is 2.13. The molecule has 0 saturated carbocycles. The largest absolute Gasteiger partial charge is 0.465 e. The normalized spacial score (nSPS) is 10.7.